The van der Waals surface area contributed by atoms with Gasteiger partial charge in [-0.1, -0.05) is 0 Å². The fourth-order valence-electron chi connectivity index (χ4n) is 1.61. The third-order valence-corrected chi connectivity index (χ3v) is 2.83. The van der Waals surface area contributed by atoms with Crippen LogP contribution in [0.1, 0.15) is 20.7 Å². The summed E-state index contributed by atoms with van der Waals surface area (Å²) < 4.78 is 9.39. The molecule has 2 rings (SSSR count). The Balaban J connectivity index is 0.000000443. The zero-order chi connectivity index (χ0) is 18.3. The molecule has 0 aliphatic heterocycles. The molecule has 0 atom stereocenters. The summed E-state index contributed by atoms with van der Waals surface area (Å²) in [5, 5.41) is 38.8. The number of hydrogen-bond acceptors (Lipinski definition) is 8. The van der Waals surface area contributed by atoms with Crippen LogP contribution in [-0.2, 0) is 19.5 Å². The Bertz CT molecular complexity index is 681. The zero-order valence-electron chi connectivity index (χ0n) is 13.5. The van der Waals surface area contributed by atoms with E-state index >= 15 is 0 Å². The number of methoxy groups -OCH3 is 2. The number of ether oxygens (including phenoxy) is 2. The Morgan fingerprint density at radius 2 is 1.12 bits per heavy atom. The number of rotatable bonds is 4. The number of carboxylic acid groups (broad SMARTS) is 2. The van der Waals surface area contributed by atoms with E-state index in [1.54, 1.807) is 0 Å². The van der Waals surface area contributed by atoms with E-state index in [2.05, 4.69) is 0 Å². The Morgan fingerprint density at radius 1 is 0.800 bits per heavy atom. The van der Waals surface area contributed by atoms with Crippen molar-refractivity contribution in [2.24, 2.45) is 0 Å². The molecule has 25 heavy (non-hydrogen) atoms. The topological polar surface area (TPSA) is 139 Å². The van der Waals surface area contributed by atoms with Crippen molar-refractivity contribution in [1.82, 2.24) is 0 Å². The van der Waals surface area contributed by atoms with Gasteiger partial charge in [-0.3, -0.25) is 0 Å². The van der Waals surface area contributed by atoms with Crippen LogP contribution in [0.3, 0.4) is 0 Å². The third kappa shape index (κ3) is 6.31. The van der Waals surface area contributed by atoms with Gasteiger partial charge in [0.15, 0.2) is 23.0 Å². The minimum absolute atomic E-state index is 0. The van der Waals surface area contributed by atoms with Gasteiger partial charge in [-0.2, -0.15) is 0 Å². The molecule has 0 unspecified atom stereocenters. The van der Waals surface area contributed by atoms with Gasteiger partial charge in [-0.15, -0.1) is 0 Å². The molecule has 0 amide bonds. The number of phenolic OH excluding ortho intramolecular Hbond substituents is 2. The van der Waals surface area contributed by atoms with Crippen molar-refractivity contribution in [2.75, 3.05) is 14.2 Å². The fourth-order valence-corrected chi connectivity index (χ4v) is 1.61. The molecule has 0 aromatic heterocycles. The summed E-state index contributed by atoms with van der Waals surface area (Å²) in [6.45, 7) is 0. The van der Waals surface area contributed by atoms with E-state index in [9.17, 15) is 19.8 Å². The van der Waals surface area contributed by atoms with Crippen molar-refractivity contribution in [3.63, 3.8) is 0 Å². The van der Waals surface area contributed by atoms with Crippen molar-refractivity contribution < 1.29 is 59.0 Å². The van der Waals surface area contributed by atoms with E-state index in [1.807, 2.05) is 0 Å². The number of carboxylic acids is 2. The van der Waals surface area contributed by atoms with Crippen molar-refractivity contribution in [3.8, 4) is 23.0 Å². The van der Waals surface area contributed by atoms with Crippen LogP contribution < -0.4 is 19.7 Å². The van der Waals surface area contributed by atoms with Gasteiger partial charge in [-0.05, 0) is 36.4 Å². The Kier molecular flexibility index (Phi) is 9.01. The molecule has 0 aliphatic rings. The van der Waals surface area contributed by atoms with E-state index in [4.69, 9.17) is 19.7 Å². The van der Waals surface area contributed by atoms with Crippen LogP contribution in [0.4, 0.5) is 0 Å². The van der Waals surface area contributed by atoms with Crippen LogP contribution in [-0.4, -0.2) is 36.4 Å². The molecule has 0 radical (unpaired) electrons. The quantitative estimate of drug-likeness (QED) is 0.657. The van der Waals surface area contributed by atoms with E-state index in [0.717, 1.165) is 0 Å². The van der Waals surface area contributed by atoms with Crippen LogP contribution in [0, 0.1) is 0 Å². The molecule has 2 N–H and O–H groups in total. The van der Waals surface area contributed by atoms with Gasteiger partial charge in [-0.25, -0.2) is 0 Å². The van der Waals surface area contributed by atoms with Gasteiger partial charge in [0.1, 0.15) is 0 Å². The van der Waals surface area contributed by atoms with Crippen LogP contribution in [0.15, 0.2) is 36.4 Å². The first-order valence-electron chi connectivity index (χ1n) is 6.46. The van der Waals surface area contributed by atoms with E-state index < -0.39 is 11.9 Å². The Labute approximate surface area is 156 Å². The second kappa shape index (κ2) is 10.1. The average molecular weight is 400 g/mol. The molecule has 8 nitrogen and oxygen atoms in total. The monoisotopic (exact) mass is 398 g/mol. The standard InChI is InChI=1S/2C8H8O4.Zn/c2*1-12-7-4-5(8(10)11)2-3-6(7)9;/h2*2-4,9H,1H3,(H,10,11);/q;;+2/p-2. The molecule has 0 spiro atoms. The van der Waals surface area contributed by atoms with Crippen LogP contribution in [0.5, 0.6) is 23.0 Å². The summed E-state index contributed by atoms with van der Waals surface area (Å²) >= 11 is 0. The van der Waals surface area contributed by atoms with Crippen LogP contribution >= 0.6 is 0 Å². The molecule has 0 saturated carbocycles. The first-order valence-corrected chi connectivity index (χ1v) is 6.46. The summed E-state index contributed by atoms with van der Waals surface area (Å²) in [4.78, 5) is 20.7. The summed E-state index contributed by atoms with van der Waals surface area (Å²) in [7, 11) is 2.68. The number of hydrogen-bond donors (Lipinski definition) is 2. The predicted molar refractivity (Wildman–Crippen MR) is 78.0 cm³/mol. The number of carbonyl (C=O) groups excluding carboxylic acids is 2. The van der Waals surface area contributed by atoms with Gasteiger partial charge in [0.05, 0.1) is 26.2 Å². The maximum Gasteiger partial charge on any atom is 2.00 e. The largest absolute Gasteiger partial charge is 2.00 e. The van der Waals surface area contributed by atoms with E-state index in [1.165, 1.54) is 50.6 Å². The summed E-state index contributed by atoms with van der Waals surface area (Å²) in [6, 6.07) is 7.36. The number of phenols is 2. The summed E-state index contributed by atoms with van der Waals surface area (Å²) in [5.74, 6) is -2.54. The molecule has 2 aromatic rings. The Hall–Kier alpha value is -2.80. The molecule has 128 valence electrons. The molecule has 0 saturated heterocycles. The van der Waals surface area contributed by atoms with Crippen molar-refractivity contribution in [2.45, 2.75) is 0 Å². The molecular formula is C16H14O8Zn. The maximum atomic E-state index is 10.3. The van der Waals surface area contributed by atoms with Gasteiger partial charge in [0.2, 0.25) is 0 Å². The van der Waals surface area contributed by atoms with Crippen molar-refractivity contribution in [3.05, 3.63) is 47.5 Å². The second-order valence-corrected chi connectivity index (χ2v) is 4.35. The predicted octanol–water partition coefficient (Wildman–Crippen LogP) is -0.474. The zero-order valence-corrected chi connectivity index (χ0v) is 16.5. The van der Waals surface area contributed by atoms with Gasteiger partial charge < -0.3 is 39.5 Å². The van der Waals surface area contributed by atoms with Gasteiger partial charge >= 0.3 is 19.5 Å². The maximum absolute atomic E-state index is 10.3. The summed E-state index contributed by atoms with van der Waals surface area (Å²) in [6.07, 6.45) is 0. The molecule has 0 aliphatic carbocycles. The van der Waals surface area contributed by atoms with E-state index in [-0.39, 0.29) is 53.6 Å². The van der Waals surface area contributed by atoms with Crippen molar-refractivity contribution >= 4 is 11.9 Å². The fraction of sp³-hybridized carbons (Fsp3) is 0.125. The number of aromatic carboxylic acids is 2. The third-order valence-electron chi connectivity index (χ3n) is 2.83. The summed E-state index contributed by atoms with van der Waals surface area (Å²) in [5.41, 5.74) is -0.0469. The van der Waals surface area contributed by atoms with Gasteiger partial charge in [0.25, 0.3) is 0 Å². The number of benzene rings is 2. The SMILES string of the molecule is COc1cc(C(=O)[O-])ccc1O.COc1cc(C(=O)[O-])ccc1O.[Zn+2]. The number of aromatic hydroxyl groups is 2. The minimum atomic E-state index is -1.30. The molecule has 0 heterocycles. The molecule has 9 heteroatoms. The first kappa shape index (κ1) is 22.2. The van der Waals surface area contributed by atoms with E-state index in [0.29, 0.717) is 0 Å². The first-order chi connectivity index (χ1) is 11.3. The van der Waals surface area contributed by atoms with Gasteiger partial charge in [0, 0.05) is 11.1 Å². The molecule has 0 fully saturated rings. The van der Waals surface area contributed by atoms with Crippen LogP contribution in [0.25, 0.3) is 0 Å². The Morgan fingerprint density at radius 3 is 1.36 bits per heavy atom. The molecule has 0 bridgehead atoms. The van der Waals surface area contributed by atoms with Crippen LogP contribution in [0.2, 0.25) is 0 Å². The number of carbonyl (C=O) groups is 2. The smallest absolute Gasteiger partial charge is 0.545 e. The minimum Gasteiger partial charge on any atom is -0.545 e. The normalized spacial score (nSPS) is 9.04. The second-order valence-electron chi connectivity index (χ2n) is 4.35. The average Bonchev–Trinajstić information content (AvgIpc) is 2.55. The molecular weight excluding hydrogens is 386 g/mol. The van der Waals surface area contributed by atoms with Crippen molar-refractivity contribution in [1.29, 1.82) is 0 Å². The molecule has 2 aromatic carbocycles.